The molecule has 1 aromatic heterocycles. The molecule has 2 aliphatic rings. The van der Waals surface area contributed by atoms with Gasteiger partial charge in [0.25, 0.3) is 0 Å². The first kappa shape index (κ1) is 13.5. The number of hydrogen-bond donors (Lipinski definition) is 1. The van der Waals surface area contributed by atoms with E-state index in [0.717, 1.165) is 19.1 Å². The number of nitrogens with zero attached hydrogens (tertiary/aromatic N) is 2. The fraction of sp³-hybridized carbons (Fsp3) is 0.800. The zero-order chi connectivity index (χ0) is 13.6. The lowest BCUT2D eigenvalue weighted by Crippen LogP contribution is -2.45. The van der Waals surface area contributed by atoms with E-state index >= 15 is 0 Å². The van der Waals surface area contributed by atoms with Crippen LogP contribution in [-0.2, 0) is 5.54 Å². The fourth-order valence-electron chi connectivity index (χ4n) is 3.42. The van der Waals surface area contributed by atoms with Crippen molar-refractivity contribution in [2.24, 2.45) is 0 Å². The Kier molecular flexibility index (Phi) is 3.44. The van der Waals surface area contributed by atoms with Gasteiger partial charge in [-0.05, 0) is 46.6 Å². The number of nitrogens with one attached hydrogen (secondary N) is 1. The lowest BCUT2D eigenvalue weighted by Gasteiger charge is -2.28. The van der Waals surface area contributed by atoms with Crippen LogP contribution in [0.1, 0.15) is 48.7 Å². The van der Waals surface area contributed by atoms with Crippen LogP contribution >= 0.6 is 11.3 Å². The first-order valence-electron chi connectivity index (χ1n) is 7.51. The van der Waals surface area contributed by atoms with Gasteiger partial charge < -0.3 is 5.32 Å². The number of aromatic nitrogens is 1. The Hall–Kier alpha value is -0.450. The maximum absolute atomic E-state index is 4.86. The van der Waals surface area contributed by atoms with Gasteiger partial charge in [-0.1, -0.05) is 6.92 Å². The molecule has 0 radical (unpaired) electrons. The lowest BCUT2D eigenvalue weighted by atomic mass is 9.97. The Morgan fingerprint density at radius 1 is 1.42 bits per heavy atom. The number of likely N-dealkylation sites (tertiary alicyclic amines) is 1. The minimum Gasteiger partial charge on any atom is -0.305 e. The third kappa shape index (κ3) is 2.34. The van der Waals surface area contributed by atoms with Gasteiger partial charge in [0.15, 0.2) is 0 Å². The Bertz CT molecular complexity index is 446. The molecule has 106 valence electrons. The summed E-state index contributed by atoms with van der Waals surface area (Å²) in [7, 11) is 0. The standard InChI is InChI=1S/C15H25N3S/c1-5-16-15(14-17-11(3)12(4)19-14)8-10(2)18(9-15)13-6-7-13/h10,13,16H,5-9H2,1-4H3. The van der Waals surface area contributed by atoms with Gasteiger partial charge in [-0.3, -0.25) is 4.90 Å². The fourth-order valence-corrected chi connectivity index (χ4v) is 4.50. The predicted octanol–water partition coefficient (Wildman–Crippen LogP) is 2.82. The topological polar surface area (TPSA) is 28.2 Å². The van der Waals surface area contributed by atoms with Crippen molar-refractivity contribution in [3.8, 4) is 0 Å². The van der Waals surface area contributed by atoms with Crippen LogP contribution in [0.4, 0.5) is 0 Å². The highest BCUT2D eigenvalue weighted by molar-refractivity contribution is 7.11. The molecule has 0 aromatic carbocycles. The van der Waals surface area contributed by atoms with E-state index in [4.69, 9.17) is 4.98 Å². The van der Waals surface area contributed by atoms with E-state index < -0.39 is 0 Å². The van der Waals surface area contributed by atoms with Crippen molar-refractivity contribution in [1.82, 2.24) is 15.2 Å². The van der Waals surface area contributed by atoms with Crippen LogP contribution in [0.3, 0.4) is 0 Å². The SMILES string of the molecule is CCNC1(c2nc(C)c(C)s2)CC(C)N(C2CC2)C1. The van der Waals surface area contributed by atoms with E-state index in [1.54, 1.807) is 0 Å². The number of rotatable bonds is 4. The second kappa shape index (κ2) is 4.83. The quantitative estimate of drug-likeness (QED) is 0.918. The van der Waals surface area contributed by atoms with Gasteiger partial charge in [0.05, 0.1) is 11.2 Å². The molecule has 19 heavy (non-hydrogen) atoms. The molecule has 1 aliphatic heterocycles. The van der Waals surface area contributed by atoms with Crippen molar-refractivity contribution < 1.29 is 0 Å². The number of aryl methyl sites for hydroxylation is 2. The molecule has 4 heteroatoms. The van der Waals surface area contributed by atoms with Crippen molar-refractivity contribution in [1.29, 1.82) is 0 Å². The smallest absolute Gasteiger partial charge is 0.115 e. The molecule has 0 bridgehead atoms. The van der Waals surface area contributed by atoms with E-state index in [-0.39, 0.29) is 5.54 Å². The van der Waals surface area contributed by atoms with Gasteiger partial charge >= 0.3 is 0 Å². The molecular weight excluding hydrogens is 254 g/mol. The Balaban J connectivity index is 1.91. The summed E-state index contributed by atoms with van der Waals surface area (Å²) >= 11 is 1.89. The van der Waals surface area contributed by atoms with E-state index in [0.29, 0.717) is 6.04 Å². The molecule has 1 saturated heterocycles. The van der Waals surface area contributed by atoms with Crippen molar-refractivity contribution in [3.05, 3.63) is 15.6 Å². The molecule has 0 amide bonds. The summed E-state index contributed by atoms with van der Waals surface area (Å²) in [6, 6.07) is 1.52. The third-order valence-corrected chi connectivity index (χ3v) is 5.91. The van der Waals surface area contributed by atoms with Crippen LogP contribution in [0.25, 0.3) is 0 Å². The summed E-state index contributed by atoms with van der Waals surface area (Å²) in [6.07, 6.45) is 3.98. The first-order chi connectivity index (χ1) is 9.05. The first-order valence-corrected chi connectivity index (χ1v) is 8.32. The average Bonchev–Trinajstić information content (AvgIpc) is 3.07. The number of hydrogen-bond acceptors (Lipinski definition) is 4. The summed E-state index contributed by atoms with van der Waals surface area (Å²) in [6.45, 7) is 11.1. The molecular formula is C15H25N3S. The molecule has 2 unspecified atom stereocenters. The second-order valence-corrected chi connectivity index (χ2v) is 7.43. The van der Waals surface area contributed by atoms with Crippen molar-refractivity contribution in [2.75, 3.05) is 13.1 Å². The largest absolute Gasteiger partial charge is 0.305 e. The molecule has 3 rings (SSSR count). The zero-order valence-electron chi connectivity index (χ0n) is 12.5. The summed E-state index contributed by atoms with van der Waals surface area (Å²) < 4.78 is 0. The molecule has 0 spiro atoms. The van der Waals surface area contributed by atoms with Crippen molar-refractivity contribution in [3.63, 3.8) is 0 Å². The molecule has 1 aromatic rings. The van der Waals surface area contributed by atoms with Gasteiger partial charge in [0, 0.05) is 23.5 Å². The highest BCUT2D eigenvalue weighted by Gasteiger charge is 2.49. The van der Waals surface area contributed by atoms with E-state index in [2.05, 4.69) is 37.9 Å². The highest BCUT2D eigenvalue weighted by atomic mass is 32.1. The van der Waals surface area contributed by atoms with Crippen molar-refractivity contribution in [2.45, 2.75) is 64.6 Å². The highest BCUT2D eigenvalue weighted by Crippen LogP contribution is 2.43. The summed E-state index contributed by atoms with van der Waals surface area (Å²) in [5.74, 6) is 0. The molecule has 1 saturated carbocycles. The minimum atomic E-state index is 0.0977. The van der Waals surface area contributed by atoms with Crippen LogP contribution in [0.15, 0.2) is 0 Å². The predicted molar refractivity (Wildman–Crippen MR) is 80.7 cm³/mol. The number of thiazole rings is 1. The monoisotopic (exact) mass is 279 g/mol. The Labute approximate surface area is 120 Å². The Morgan fingerprint density at radius 2 is 2.16 bits per heavy atom. The van der Waals surface area contributed by atoms with Crippen molar-refractivity contribution >= 4 is 11.3 Å². The van der Waals surface area contributed by atoms with Gasteiger partial charge in [-0.15, -0.1) is 11.3 Å². The van der Waals surface area contributed by atoms with Crippen LogP contribution in [-0.4, -0.2) is 35.1 Å². The van der Waals surface area contributed by atoms with E-state index in [9.17, 15) is 0 Å². The van der Waals surface area contributed by atoms with Gasteiger partial charge in [-0.2, -0.15) is 0 Å². The summed E-state index contributed by atoms with van der Waals surface area (Å²) in [5, 5.41) is 5.07. The molecule has 3 nitrogen and oxygen atoms in total. The third-order valence-electron chi connectivity index (χ3n) is 4.63. The molecule has 2 atom stereocenters. The maximum Gasteiger partial charge on any atom is 0.115 e. The number of likely N-dealkylation sites (N-methyl/N-ethyl adjacent to an activating group) is 1. The summed E-state index contributed by atoms with van der Waals surface area (Å²) in [4.78, 5) is 8.93. The van der Waals surface area contributed by atoms with Crippen LogP contribution < -0.4 is 5.32 Å². The molecule has 1 N–H and O–H groups in total. The zero-order valence-corrected chi connectivity index (χ0v) is 13.3. The van der Waals surface area contributed by atoms with Gasteiger partial charge in [-0.25, -0.2) is 4.98 Å². The van der Waals surface area contributed by atoms with Crippen LogP contribution in [0.2, 0.25) is 0 Å². The molecule has 2 heterocycles. The molecule has 2 fully saturated rings. The van der Waals surface area contributed by atoms with E-state index in [1.807, 2.05) is 11.3 Å². The lowest BCUT2D eigenvalue weighted by molar-refractivity contribution is 0.241. The van der Waals surface area contributed by atoms with Gasteiger partial charge in [0.1, 0.15) is 5.01 Å². The molecule has 1 aliphatic carbocycles. The van der Waals surface area contributed by atoms with E-state index in [1.165, 1.54) is 34.8 Å². The van der Waals surface area contributed by atoms with Crippen LogP contribution in [0, 0.1) is 13.8 Å². The van der Waals surface area contributed by atoms with Crippen LogP contribution in [0.5, 0.6) is 0 Å². The summed E-state index contributed by atoms with van der Waals surface area (Å²) in [5.41, 5.74) is 1.30. The van der Waals surface area contributed by atoms with Gasteiger partial charge in [0.2, 0.25) is 0 Å². The minimum absolute atomic E-state index is 0.0977. The Morgan fingerprint density at radius 3 is 2.68 bits per heavy atom. The normalized spacial score (nSPS) is 32.1. The second-order valence-electron chi connectivity index (χ2n) is 6.23. The average molecular weight is 279 g/mol. The maximum atomic E-state index is 4.86.